The van der Waals surface area contributed by atoms with Crippen LogP contribution in [0.5, 0.6) is 0 Å². The van der Waals surface area contributed by atoms with Crippen LogP contribution in [0.1, 0.15) is 16.0 Å². The fourth-order valence-corrected chi connectivity index (χ4v) is 3.16. The second kappa shape index (κ2) is 5.05. The number of hydrogen-bond donors (Lipinski definition) is 1. The number of amides is 1. The van der Waals surface area contributed by atoms with E-state index >= 15 is 0 Å². The highest BCUT2D eigenvalue weighted by Gasteiger charge is 2.20. The van der Waals surface area contributed by atoms with E-state index in [1.165, 1.54) is 11.1 Å². The maximum absolute atomic E-state index is 12.3. The summed E-state index contributed by atoms with van der Waals surface area (Å²) in [4.78, 5) is 15.3. The lowest BCUT2D eigenvalue weighted by atomic mass is 9.99. The Bertz CT molecular complexity index is 592. The molecule has 1 aliphatic rings. The fourth-order valence-electron chi connectivity index (χ4n) is 2.46. The molecule has 2 N–H and O–H groups in total. The molecule has 1 aromatic heterocycles. The van der Waals surface area contributed by atoms with E-state index in [4.69, 9.17) is 5.73 Å². The first kappa shape index (κ1) is 12.2. The number of carbonyl (C=O) groups excluding carboxylic acids is 1. The van der Waals surface area contributed by atoms with Crippen molar-refractivity contribution in [1.82, 2.24) is 4.90 Å². The zero-order valence-electron chi connectivity index (χ0n) is 10.6. The zero-order chi connectivity index (χ0) is 13.2. The minimum Gasteiger partial charge on any atom is -0.399 e. The van der Waals surface area contributed by atoms with Gasteiger partial charge in [-0.3, -0.25) is 4.79 Å². The number of nitrogens with two attached hydrogens (primary N) is 1. The highest BCUT2D eigenvalue weighted by Crippen LogP contribution is 2.22. The van der Waals surface area contributed by atoms with Gasteiger partial charge in [-0.25, -0.2) is 0 Å². The molecule has 4 heteroatoms. The zero-order valence-corrected chi connectivity index (χ0v) is 11.5. The molecule has 3 rings (SSSR count). The Balaban J connectivity index is 1.71. The molecule has 1 aliphatic heterocycles. The lowest BCUT2D eigenvalue weighted by Crippen LogP contribution is -2.36. The van der Waals surface area contributed by atoms with Gasteiger partial charge in [-0.2, -0.15) is 0 Å². The lowest BCUT2D eigenvalue weighted by molar-refractivity contribution is -0.131. The second-order valence-electron chi connectivity index (χ2n) is 4.85. The van der Waals surface area contributed by atoms with Crippen molar-refractivity contribution in [3.05, 3.63) is 51.7 Å². The van der Waals surface area contributed by atoms with Crippen LogP contribution in [-0.4, -0.2) is 17.4 Å². The van der Waals surface area contributed by atoms with E-state index in [1.807, 2.05) is 40.6 Å². The third-order valence-corrected chi connectivity index (χ3v) is 4.38. The number of thiophene rings is 1. The number of fused-ring (bicyclic) bond motifs is 1. The molecule has 0 spiro atoms. The molecular formula is C15H16N2OS. The summed E-state index contributed by atoms with van der Waals surface area (Å²) in [5.74, 6) is 0.213. The molecule has 1 amide bonds. The maximum Gasteiger partial charge on any atom is 0.228 e. The van der Waals surface area contributed by atoms with Crippen LogP contribution >= 0.6 is 11.3 Å². The van der Waals surface area contributed by atoms with Crippen LogP contribution in [0.2, 0.25) is 0 Å². The lowest BCUT2D eigenvalue weighted by Gasteiger charge is -2.29. The van der Waals surface area contributed by atoms with Gasteiger partial charge in [0.25, 0.3) is 0 Å². The molecular weight excluding hydrogens is 256 g/mol. The van der Waals surface area contributed by atoms with E-state index in [2.05, 4.69) is 0 Å². The van der Waals surface area contributed by atoms with Gasteiger partial charge in [-0.1, -0.05) is 12.1 Å². The SMILES string of the molecule is Nc1ccc2c(c1)CCN(C(=O)Cc1cccs1)C2. The minimum atomic E-state index is 0.213. The molecule has 98 valence electrons. The molecule has 0 saturated carbocycles. The van der Waals surface area contributed by atoms with Gasteiger partial charge in [0, 0.05) is 23.7 Å². The van der Waals surface area contributed by atoms with Crippen molar-refractivity contribution in [3.8, 4) is 0 Å². The third-order valence-electron chi connectivity index (χ3n) is 3.50. The normalized spacial score (nSPS) is 14.2. The number of nitrogen functional groups attached to an aromatic ring is 1. The van der Waals surface area contributed by atoms with Gasteiger partial charge in [0.15, 0.2) is 0 Å². The van der Waals surface area contributed by atoms with Crippen molar-refractivity contribution in [2.45, 2.75) is 19.4 Å². The summed E-state index contributed by atoms with van der Waals surface area (Å²) in [6, 6.07) is 9.97. The van der Waals surface area contributed by atoms with E-state index in [9.17, 15) is 4.79 Å². The van der Waals surface area contributed by atoms with Gasteiger partial charge in [0.2, 0.25) is 5.91 Å². The van der Waals surface area contributed by atoms with E-state index in [-0.39, 0.29) is 5.91 Å². The first-order chi connectivity index (χ1) is 9.22. The number of anilines is 1. The Kier molecular flexibility index (Phi) is 3.25. The highest BCUT2D eigenvalue weighted by molar-refractivity contribution is 7.10. The fraction of sp³-hybridized carbons (Fsp3) is 0.267. The predicted molar refractivity (Wildman–Crippen MR) is 78.0 cm³/mol. The molecule has 3 nitrogen and oxygen atoms in total. The quantitative estimate of drug-likeness (QED) is 0.854. The molecule has 0 bridgehead atoms. The van der Waals surface area contributed by atoms with Gasteiger partial charge >= 0.3 is 0 Å². The van der Waals surface area contributed by atoms with E-state index in [0.717, 1.165) is 23.5 Å². The van der Waals surface area contributed by atoms with Crippen LogP contribution in [0.15, 0.2) is 35.7 Å². The van der Waals surface area contributed by atoms with Gasteiger partial charge in [-0.05, 0) is 41.1 Å². The van der Waals surface area contributed by atoms with Crippen molar-refractivity contribution >= 4 is 22.9 Å². The molecule has 0 atom stereocenters. The smallest absolute Gasteiger partial charge is 0.228 e. The largest absolute Gasteiger partial charge is 0.399 e. The van der Waals surface area contributed by atoms with E-state index in [1.54, 1.807) is 11.3 Å². The Morgan fingerprint density at radius 3 is 3.00 bits per heavy atom. The monoisotopic (exact) mass is 272 g/mol. The summed E-state index contributed by atoms with van der Waals surface area (Å²) in [7, 11) is 0. The summed E-state index contributed by atoms with van der Waals surface area (Å²) < 4.78 is 0. The summed E-state index contributed by atoms with van der Waals surface area (Å²) in [5, 5.41) is 2.01. The molecule has 0 radical (unpaired) electrons. The molecule has 0 fully saturated rings. The molecule has 0 unspecified atom stereocenters. The summed E-state index contributed by atoms with van der Waals surface area (Å²) in [6.07, 6.45) is 1.42. The van der Waals surface area contributed by atoms with Gasteiger partial charge in [0.05, 0.1) is 6.42 Å². The first-order valence-electron chi connectivity index (χ1n) is 6.40. The van der Waals surface area contributed by atoms with Crippen molar-refractivity contribution in [2.24, 2.45) is 0 Å². The van der Waals surface area contributed by atoms with Crippen LogP contribution in [0, 0.1) is 0 Å². The Morgan fingerprint density at radius 1 is 1.32 bits per heavy atom. The van der Waals surface area contributed by atoms with E-state index in [0.29, 0.717) is 13.0 Å². The minimum absolute atomic E-state index is 0.213. The van der Waals surface area contributed by atoms with Crippen molar-refractivity contribution < 1.29 is 4.79 Å². The average molecular weight is 272 g/mol. The van der Waals surface area contributed by atoms with Gasteiger partial charge in [-0.15, -0.1) is 11.3 Å². The van der Waals surface area contributed by atoms with Crippen LogP contribution in [0.25, 0.3) is 0 Å². The second-order valence-corrected chi connectivity index (χ2v) is 5.88. The third kappa shape index (κ3) is 2.63. The summed E-state index contributed by atoms with van der Waals surface area (Å²) in [6.45, 7) is 1.50. The Hall–Kier alpha value is -1.81. The van der Waals surface area contributed by atoms with Crippen LogP contribution in [0.3, 0.4) is 0 Å². The molecule has 19 heavy (non-hydrogen) atoms. The number of carbonyl (C=O) groups is 1. The highest BCUT2D eigenvalue weighted by atomic mass is 32.1. The van der Waals surface area contributed by atoms with Crippen molar-refractivity contribution in [2.75, 3.05) is 12.3 Å². The first-order valence-corrected chi connectivity index (χ1v) is 7.28. The summed E-state index contributed by atoms with van der Waals surface area (Å²) >= 11 is 1.64. The predicted octanol–water partition coefficient (Wildman–Crippen LogP) is 2.46. The number of benzene rings is 1. The topological polar surface area (TPSA) is 46.3 Å². The van der Waals surface area contributed by atoms with Gasteiger partial charge in [0.1, 0.15) is 0 Å². The molecule has 1 aromatic carbocycles. The van der Waals surface area contributed by atoms with Crippen LogP contribution in [0.4, 0.5) is 5.69 Å². The van der Waals surface area contributed by atoms with Gasteiger partial charge < -0.3 is 10.6 Å². The number of nitrogens with zero attached hydrogens (tertiary/aromatic N) is 1. The Labute approximate surface area is 116 Å². The standard InChI is InChI=1S/C15H16N2OS/c16-13-4-3-12-10-17(6-5-11(12)8-13)15(18)9-14-2-1-7-19-14/h1-4,7-8H,5-6,9-10,16H2. The maximum atomic E-state index is 12.3. The van der Waals surface area contributed by atoms with Crippen molar-refractivity contribution in [1.29, 1.82) is 0 Å². The van der Waals surface area contributed by atoms with Crippen LogP contribution in [-0.2, 0) is 24.2 Å². The molecule has 0 aliphatic carbocycles. The molecule has 2 aromatic rings. The summed E-state index contributed by atoms with van der Waals surface area (Å²) in [5.41, 5.74) is 9.09. The average Bonchev–Trinajstić information content (AvgIpc) is 2.91. The van der Waals surface area contributed by atoms with Crippen molar-refractivity contribution in [3.63, 3.8) is 0 Å². The molecule has 0 saturated heterocycles. The number of hydrogen-bond acceptors (Lipinski definition) is 3. The van der Waals surface area contributed by atoms with E-state index < -0.39 is 0 Å². The number of rotatable bonds is 2. The molecule has 2 heterocycles. The van der Waals surface area contributed by atoms with Crippen LogP contribution < -0.4 is 5.73 Å². The Morgan fingerprint density at radius 2 is 2.21 bits per heavy atom.